The number of hydrogen-bond acceptors (Lipinski definition) is 11. The van der Waals surface area contributed by atoms with Gasteiger partial charge in [-0.05, 0) is 177 Å². The lowest BCUT2D eigenvalue weighted by Gasteiger charge is -2.27. The summed E-state index contributed by atoms with van der Waals surface area (Å²) in [6.07, 6.45) is 2.06. The number of amides is 2. The van der Waals surface area contributed by atoms with Crippen LogP contribution in [0.4, 0.5) is 0 Å². The lowest BCUT2D eigenvalue weighted by molar-refractivity contribution is -0.123. The van der Waals surface area contributed by atoms with Crippen molar-refractivity contribution in [2.45, 2.75) is 261 Å². The molecule has 0 heterocycles. The number of benzene rings is 8. The molecule has 13 nitrogen and oxygen atoms in total. The Hall–Kier alpha value is -8.94. The van der Waals surface area contributed by atoms with E-state index in [4.69, 9.17) is 9.47 Å². The second kappa shape index (κ2) is 30.7. The van der Waals surface area contributed by atoms with Gasteiger partial charge in [-0.15, -0.1) is 0 Å². The van der Waals surface area contributed by atoms with Crippen molar-refractivity contribution in [2.75, 3.05) is 39.4 Å². The van der Waals surface area contributed by atoms with Gasteiger partial charge in [0.15, 0.2) is 13.2 Å². The number of ether oxygens (including phenoxy) is 2. The van der Waals surface area contributed by atoms with Crippen molar-refractivity contribution in [3.05, 3.63) is 231 Å². The van der Waals surface area contributed by atoms with Crippen LogP contribution >= 0.6 is 0 Å². The number of carbonyl (C=O) groups is 2. The topological polar surface area (TPSA) is 210 Å². The highest BCUT2D eigenvalue weighted by Crippen LogP contribution is 2.47. The molecule has 0 unspecified atom stereocenters. The molecular formula is C96H125N3O10. The van der Waals surface area contributed by atoms with E-state index in [2.05, 4.69) is 279 Å². The van der Waals surface area contributed by atoms with Gasteiger partial charge in [0.1, 0.15) is 46.0 Å². The van der Waals surface area contributed by atoms with E-state index in [1.165, 1.54) is 0 Å². The lowest BCUT2D eigenvalue weighted by atomic mass is 9.79. The Morgan fingerprint density at radius 2 is 0.385 bits per heavy atom. The summed E-state index contributed by atoms with van der Waals surface area (Å²) < 4.78 is 13.6. The summed E-state index contributed by atoms with van der Waals surface area (Å²) >= 11 is 0. The van der Waals surface area contributed by atoms with Gasteiger partial charge in [-0.3, -0.25) is 9.59 Å². The van der Waals surface area contributed by atoms with E-state index in [1.807, 2.05) is 0 Å². The molecule has 0 spiro atoms. The van der Waals surface area contributed by atoms with Crippen LogP contribution in [0.3, 0.4) is 0 Å². The third kappa shape index (κ3) is 19.4. The minimum absolute atomic E-state index is 0.133. The van der Waals surface area contributed by atoms with Gasteiger partial charge < -0.3 is 56.1 Å². The van der Waals surface area contributed by atoms with E-state index in [0.29, 0.717) is 91.3 Å². The van der Waals surface area contributed by atoms with Crippen LogP contribution in [0.25, 0.3) is 0 Å². The number of carbonyl (C=O) groups excluding carboxylic acids is 2. The predicted octanol–water partition coefficient (Wildman–Crippen LogP) is 18.9. The summed E-state index contributed by atoms with van der Waals surface area (Å²) in [5.41, 5.74) is 17.1. The van der Waals surface area contributed by atoms with Gasteiger partial charge in [0.05, 0.1) is 0 Å². The van der Waals surface area contributed by atoms with Crippen molar-refractivity contribution >= 4 is 11.8 Å². The first-order chi connectivity index (χ1) is 50.3. The molecule has 2 aliphatic carbocycles. The molecule has 0 aliphatic heterocycles. The normalized spacial score (nSPS) is 13.9. The van der Waals surface area contributed by atoms with Crippen molar-refractivity contribution in [3.8, 4) is 46.0 Å². The molecule has 8 aromatic carbocycles. The van der Waals surface area contributed by atoms with Crippen LogP contribution in [-0.2, 0) is 104 Å². The molecule has 0 fully saturated rings. The molecule has 2 aliphatic rings. The quantitative estimate of drug-likeness (QED) is 0.0526. The van der Waals surface area contributed by atoms with Gasteiger partial charge in [0.2, 0.25) is 0 Å². The molecule has 0 radical (unpaired) electrons. The van der Waals surface area contributed by atoms with Gasteiger partial charge in [-0.2, -0.15) is 0 Å². The van der Waals surface area contributed by atoms with Crippen LogP contribution in [0.1, 0.15) is 300 Å². The molecule has 2 amide bonds. The maximum atomic E-state index is 14.1. The summed E-state index contributed by atoms with van der Waals surface area (Å²) in [6, 6.07) is 33.2. The zero-order chi connectivity index (χ0) is 80.4. The number of aromatic hydroxyl groups is 6. The number of phenolic OH excluding ortho intramolecular Hbond substituents is 6. The second-order valence-corrected chi connectivity index (χ2v) is 39.5. The Labute approximate surface area is 650 Å². The fourth-order valence-electron chi connectivity index (χ4n) is 14.8. The molecule has 13 heteroatoms. The molecular weight excluding hydrogens is 1360 g/mol. The van der Waals surface area contributed by atoms with Crippen molar-refractivity contribution in [1.29, 1.82) is 0 Å². The summed E-state index contributed by atoms with van der Waals surface area (Å²) in [7, 11) is 0. The zero-order valence-electron chi connectivity index (χ0n) is 70.0. The van der Waals surface area contributed by atoms with Crippen LogP contribution in [0.2, 0.25) is 0 Å². The first-order valence-electron chi connectivity index (χ1n) is 39.3. The van der Waals surface area contributed by atoms with Gasteiger partial charge in [-0.1, -0.05) is 263 Å². The third-order valence-corrected chi connectivity index (χ3v) is 22.0. The van der Waals surface area contributed by atoms with Gasteiger partial charge in [-0.25, -0.2) is 0 Å². The number of fused-ring (bicyclic) bond motifs is 16. The highest BCUT2D eigenvalue weighted by Gasteiger charge is 2.33. The average molecular weight is 1480 g/mol. The van der Waals surface area contributed by atoms with Crippen LogP contribution in [0, 0.1) is 0 Å². The zero-order valence-corrected chi connectivity index (χ0v) is 70.0. The molecule has 10 rings (SSSR count). The van der Waals surface area contributed by atoms with Gasteiger partial charge >= 0.3 is 0 Å². The second-order valence-electron chi connectivity index (χ2n) is 39.5. The Morgan fingerprint density at radius 3 is 0.532 bits per heavy atom. The molecule has 0 atom stereocenters. The number of rotatable bonds is 12. The molecule has 9 N–H and O–H groups in total. The average Bonchev–Trinajstić information content (AvgIpc) is 0.769. The highest BCUT2D eigenvalue weighted by atomic mass is 16.5. The van der Waals surface area contributed by atoms with E-state index in [1.54, 1.807) is 0 Å². The summed E-state index contributed by atoms with van der Waals surface area (Å²) in [5.74, 6) is 1.14. The van der Waals surface area contributed by atoms with E-state index < -0.39 is 0 Å². The van der Waals surface area contributed by atoms with E-state index in [-0.39, 0.29) is 167 Å². The molecule has 0 saturated carbocycles. The Morgan fingerprint density at radius 1 is 0.248 bits per heavy atom. The predicted molar refractivity (Wildman–Crippen MR) is 443 cm³/mol. The van der Waals surface area contributed by atoms with Gasteiger partial charge in [0, 0.05) is 77.5 Å². The smallest absolute Gasteiger partial charge is 0.257 e. The first-order valence-corrected chi connectivity index (χ1v) is 39.3. The maximum absolute atomic E-state index is 14.1. The fraction of sp³-hybridized carbons (Fsp3) is 0.479. The molecule has 16 bridgehead atoms. The van der Waals surface area contributed by atoms with Crippen molar-refractivity contribution in [2.24, 2.45) is 0 Å². The minimum Gasteiger partial charge on any atom is -0.507 e. The van der Waals surface area contributed by atoms with E-state index in [0.717, 1.165) is 66.8 Å². The molecule has 0 saturated heterocycles. The fourth-order valence-corrected chi connectivity index (χ4v) is 14.8. The SMILES string of the molecule is CC(C)(C)c1cc2c(O)c(c1)Cc1cc(C(C)(C)C)cc(c1O)Cc1cc(C(C)(C)C)cc(c1OCC(=O)NCCNCCNC(=O)COc1c3cc(C(C)(C)C)cc1Cc1cc(C(C)(C)C)cc(c1O)Cc1cc(C(C)(C)C)cc(c1O)Cc1cc(C(C)(C)C)cc(c1O)C3)Cc1cc(C(C)(C)C)cc(c1O)C2. The minimum atomic E-state index is -0.343. The molecule has 109 heavy (non-hydrogen) atoms. The number of phenols is 6. The van der Waals surface area contributed by atoms with Crippen molar-refractivity contribution in [3.63, 3.8) is 0 Å². The number of nitrogens with one attached hydrogen (secondary N) is 3. The first kappa shape index (κ1) is 82.6. The Balaban J connectivity index is 0.892. The third-order valence-electron chi connectivity index (χ3n) is 22.0. The lowest BCUT2D eigenvalue weighted by Crippen LogP contribution is -2.38. The van der Waals surface area contributed by atoms with E-state index >= 15 is 0 Å². The Kier molecular flexibility index (Phi) is 23.3. The number of hydrogen-bond donors (Lipinski definition) is 9. The van der Waals surface area contributed by atoms with Crippen molar-refractivity contribution in [1.82, 2.24) is 16.0 Å². The monoisotopic (exact) mass is 1480 g/mol. The standard InChI is InChI=1S/C96H125N3O10/c1-89(2,3)71-37-55-29-59-41-73(91(7,8)9)45-63(83(59)104)33-67-49-77(95(19,20)21)50-68(34-64-46-74(92(10,11)12)42-60(84(64)105)30-56(38-71)81(55)102)87(67)108-53-79(100)98-27-25-97-26-28-99-80(101)54-109-88-69-35-65-47-75(93(13,14)15)43-61(85(65)106)31-57-39-72(90(4,5)6)40-58(82(57)103)32-62-44-76(94(16,17)18)48-66(86(62)107)36-70(88)52-78(51-69)96(22,23)24/h37-52,97,102-107H,25-36,53-54H2,1-24H3,(H,98,100)(H,99,101). The summed E-state index contributed by atoms with van der Waals surface area (Å²) in [4.78, 5) is 28.2. The largest absolute Gasteiger partial charge is 0.507 e. The van der Waals surface area contributed by atoms with Crippen LogP contribution in [0.15, 0.2) is 97.1 Å². The summed E-state index contributed by atoms with van der Waals surface area (Å²) in [5, 5.41) is 84.4. The van der Waals surface area contributed by atoms with E-state index in [9.17, 15) is 40.2 Å². The maximum Gasteiger partial charge on any atom is 0.257 e. The summed E-state index contributed by atoms with van der Waals surface area (Å²) in [6.45, 7) is 52.4. The molecule has 0 aromatic heterocycles. The molecule has 8 aromatic rings. The van der Waals surface area contributed by atoms with Crippen LogP contribution in [-0.4, -0.2) is 81.8 Å². The van der Waals surface area contributed by atoms with Gasteiger partial charge in [0.25, 0.3) is 11.8 Å². The van der Waals surface area contributed by atoms with Crippen LogP contribution in [0.5, 0.6) is 46.0 Å². The molecule has 584 valence electrons. The van der Waals surface area contributed by atoms with Crippen LogP contribution < -0.4 is 25.4 Å². The highest BCUT2D eigenvalue weighted by molar-refractivity contribution is 5.78. The van der Waals surface area contributed by atoms with Crippen molar-refractivity contribution < 1.29 is 49.7 Å². The Bertz CT molecular complexity index is 4250.